The van der Waals surface area contributed by atoms with Gasteiger partial charge in [-0.15, -0.1) is 0 Å². The number of fused-ring (bicyclic) bond motifs is 4. The first-order valence-corrected chi connectivity index (χ1v) is 10.7. The third kappa shape index (κ3) is 4.05. The van der Waals surface area contributed by atoms with Gasteiger partial charge in [0, 0.05) is 11.9 Å². The zero-order valence-corrected chi connectivity index (χ0v) is 17.4. The molecule has 2 bridgehead atoms. The van der Waals surface area contributed by atoms with Gasteiger partial charge in [-0.3, -0.25) is 10.00 Å². The maximum atomic E-state index is 11.6. The van der Waals surface area contributed by atoms with Crippen molar-refractivity contribution >= 4 is 17.0 Å². The van der Waals surface area contributed by atoms with Crippen LogP contribution >= 0.6 is 0 Å². The summed E-state index contributed by atoms with van der Waals surface area (Å²) in [4.78, 5) is 15.7. The number of hydrogen-bond donors (Lipinski definition) is 2. The van der Waals surface area contributed by atoms with Crippen molar-refractivity contribution in [1.29, 1.82) is 0 Å². The fraction of sp³-hybridized carbons (Fsp3) is 0.417. The SMILES string of the molecule is C1CN2CCC1CC2.C=CC1=C(C=C)C(c2ccc3[nH]ncc3c2)N(C(=O)O)CC1. The van der Waals surface area contributed by atoms with E-state index in [2.05, 4.69) is 28.3 Å². The number of carboxylic acid groups (broad SMARTS) is 1. The van der Waals surface area contributed by atoms with Crippen molar-refractivity contribution in [3.8, 4) is 0 Å². The topological polar surface area (TPSA) is 72.5 Å². The Morgan fingerprint density at radius 2 is 1.87 bits per heavy atom. The maximum Gasteiger partial charge on any atom is 0.408 e. The molecular formula is C24H30N4O2. The number of H-pyrrole nitrogens is 1. The van der Waals surface area contributed by atoms with Crippen LogP contribution in [-0.2, 0) is 0 Å². The van der Waals surface area contributed by atoms with Crippen LogP contribution in [0.4, 0.5) is 4.79 Å². The van der Waals surface area contributed by atoms with Crippen molar-refractivity contribution in [2.75, 3.05) is 26.2 Å². The number of benzene rings is 1. The van der Waals surface area contributed by atoms with Crippen LogP contribution in [0.2, 0.25) is 0 Å². The summed E-state index contributed by atoms with van der Waals surface area (Å²) in [7, 11) is 0. The largest absolute Gasteiger partial charge is 0.465 e. The average molecular weight is 407 g/mol. The lowest BCUT2D eigenvalue weighted by Gasteiger charge is -2.38. The molecule has 158 valence electrons. The molecule has 1 aromatic heterocycles. The lowest BCUT2D eigenvalue weighted by Crippen LogP contribution is -2.41. The molecule has 5 heterocycles. The third-order valence-electron chi connectivity index (χ3n) is 6.65. The molecule has 6 heteroatoms. The summed E-state index contributed by atoms with van der Waals surface area (Å²) in [6.45, 7) is 12.3. The van der Waals surface area contributed by atoms with Crippen LogP contribution < -0.4 is 0 Å². The first-order chi connectivity index (χ1) is 14.6. The minimum Gasteiger partial charge on any atom is -0.465 e. The van der Waals surface area contributed by atoms with Crippen molar-refractivity contribution in [3.63, 3.8) is 0 Å². The molecule has 4 aliphatic rings. The highest BCUT2D eigenvalue weighted by Crippen LogP contribution is 2.37. The smallest absolute Gasteiger partial charge is 0.408 e. The van der Waals surface area contributed by atoms with E-state index in [0.29, 0.717) is 13.0 Å². The van der Waals surface area contributed by atoms with E-state index in [-0.39, 0.29) is 6.04 Å². The molecule has 6 nitrogen and oxygen atoms in total. The summed E-state index contributed by atoms with van der Waals surface area (Å²) in [5, 5.41) is 17.4. The Morgan fingerprint density at radius 3 is 2.40 bits per heavy atom. The van der Waals surface area contributed by atoms with Crippen LogP contribution in [-0.4, -0.2) is 57.4 Å². The predicted molar refractivity (Wildman–Crippen MR) is 119 cm³/mol. The Morgan fingerprint density at radius 1 is 1.13 bits per heavy atom. The monoisotopic (exact) mass is 406 g/mol. The van der Waals surface area contributed by atoms with E-state index >= 15 is 0 Å². The quantitative estimate of drug-likeness (QED) is 0.771. The minimum atomic E-state index is -0.931. The number of hydrogen-bond acceptors (Lipinski definition) is 3. The van der Waals surface area contributed by atoms with Gasteiger partial charge < -0.3 is 10.0 Å². The fourth-order valence-corrected chi connectivity index (χ4v) is 4.88. The number of piperidine rings is 3. The van der Waals surface area contributed by atoms with E-state index in [1.807, 2.05) is 18.2 Å². The zero-order valence-electron chi connectivity index (χ0n) is 17.4. The number of nitrogens with one attached hydrogen (secondary N) is 1. The van der Waals surface area contributed by atoms with Gasteiger partial charge in [-0.2, -0.15) is 5.10 Å². The molecule has 3 fully saturated rings. The molecule has 2 N–H and O–H groups in total. The van der Waals surface area contributed by atoms with Crippen molar-refractivity contribution in [1.82, 2.24) is 20.0 Å². The molecule has 4 aliphatic heterocycles. The lowest BCUT2D eigenvalue weighted by molar-refractivity contribution is 0.111. The fourth-order valence-electron chi connectivity index (χ4n) is 4.88. The molecule has 30 heavy (non-hydrogen) atoms. The Labute approximate surface area is 177 Å². The lowest BCUT2D eigenvalue weighted by atomic mass is 9.88. The van der Waals surface area contributed by atoms with E-state index in [0.717, 1.165) is 33.5 Å². The van der Waals surface area contributed by atoms with E-state index in [4.69, 9.17) is 0 Å². The molecule has 1 atom stereocenters. The summed E-state index contributed by atoms with van der Waals surface area (Å²) in [6, 6.07) is 5.45. The third-order valence-corrected chi connectivity index (χ3v) is 6.65. The van der Waals surface area contributed by atoms with Gasteiger partial charge in [0.15, 0.2) is 0 Å². The van der Waals surface area contributed by atoms with E-state index in [1.54, 1.807) is 18.3 Å². The number of aromatic nitrogens is 2. The number of allylic oxidation sites excluding steroid dienone is 1. The van der Waals surface area contributed by atoms with E-state index in [1.165, 1.54) is 43.8 Å². The van der Waals surface area contributed by atoms with Gasteiger partial charge >= 0.3 is 6.09 Å². The van der Waals surface area contributed by atoms with Gasteiger partial charge in [0.1, 0.15) is 0 Å². The van der Waals surface area contributed by atoms with E-state index < -0.39 is 6.09 Å². The Hall–Kier alpha value is -2.86. The number of aromatic amines is 1. The summed E-state index contributed by atoms with van der Waals surface area (Å²) in [5.74, 6) is 1.11. The summed E-state index contributed by atoms with van der Waals surface area (Å²) < 4.78 is 0. The van der Waals surface area contributed by atoms with Crippen molar-refractivity contribution < 1.29 is 9.90 Å². The second-order valence-corrected chi connectivity index (χ2v) is 8.31. The minimum absolute atomic E-state index is 0.365. The standard InChI is InChI=1S/C17H17N3O2.C7H13N/c1-3-11-7-8-20(17(21)22)16(14(11)4-2)12-5-6-15-13(9-12)10-18-19-15;1-4-8-5-2-7(1)3-6-8/h3-6,9-10,16H,1-2,7-8H2,(H,18,19)(H,21,22);7H,1-6H2. The Bertz CT molecular complexity index is 945. The van der Waals surface area contributed by atoms with Gasteiger partial charge in [-0.05, 0) is 80.1 Å². The molecular weight excluding hydrogens is 376 g/mol. The molecule has 0 aliphatic carbocycles. The normalized spacial score (nSPS) is 25.6. The highest BCUT2D eigenvalue weighted by molar-refractivity contribution is 5.79. The van der Waals surface area contributed by atoms with Crippen LogP contribution in [0.5, 0.6) is 0 Å². The number of rotatable bonds is 3. The van der Waals surface area contributed by atoms with Crippen molar-refractivity contribution in [2.45, 2.75) is 31.7 Å². The van der Waals surface area contributed by atoms with Crippen LogP contribution in [0, 0.1) is 5.92 Å². The molecule has 0 spiro atoms. The molecule has 0 radical (unpaired) electrons. The first kappa shape index (κ1) is 20.4. The summed E-state index contributed by atoms with van der Waals surface area (Å²) in [5.41, 5.74) is 3.77. The molecule has 2 aromatic rings. The van der Waals surface area contributed by atoms with Gasteiger partial charge in [0.2, 0.25) is 0 Å². The Balaban J connectivity index is 0.000000225. The number of carbonyl (C=O) groups is 1. The highest BCUT2D eigenvalue weighted by Gasteiger charge is 2.32. The van der Waals surface area contributed by atoms with Gasteiger partial charge in [-0.1, -0.05) is 31.4 Å². The van der Waals surface area contributed by atoms with Crippen molar-refractivity contribution in [2.24, 2.45) is 5.92 Å². The Kier molecular flexibility index (Phi) is 6.04. The summed E-state index contributed by atoms with van der Waals surface area (Å²) in [6.07, 6.45) is 9.44. The predicted octanol–water partition coefficient (Wildman–Crippen LogP) is 4.76. The molecule has 1 aromatic carbocycles. The maximum absolute atomic E-state index is 11.6. The van der Waals surface area contributed by atoms with Crippen LogP contribution in [0.3, 0.4) is 0 Å². The molecule has 6 rings (SSSR count). The van der Waals surface area contributed by atoms with E-state index in [9.17, 15) is 9.90 Å². The second-order valence-electron chi connectivity index (χ2n) is 8.31. The highest BCUT2D eigenvalue weighted by atomic mass is 16.4. The molecule has 3 saturated heterocycles. The van der Waals surface area contributed by atoms with Crippen LogP contribution in [0.25, 0.3) is 10.9 Å². The zero-order chi connectivity index (χ0) is 21.1. The van der Waals surface area contributed by atoms with Gasteiger partial charge in [0.25, 0.3) is 0 Å². The second kappa shape index (κ2) is 8.88. The average Bonchev–Trinajstić information content (AvgIpc) is 3.27. The van der Waals surface area contributed by atoms with Crippen molar-refractivity contribution in [3.05, 3.63) is 66.4 Å². The number of nitrogens with zero attached hydrogens (tertiary/aromatic N) is 3. The molecule has 1 amide bonds. The molecule has 0 saturated carbocycles. The summed E-state index contributed by atoms with van der Waals surface area (Å²) >= 11 is 0. The molecule has 1 unspecified atom stereocenters. The first-order valence-electron chi connectivity index (χ1n) is 10.7. The van der Waals surface area contributed by atoms with Gasteiger partial charge in [-0.25, -0.2) is 4.79 Å². The van der Waals surface area contributed by atoms with Gasteiger partial charge in [0.05, 0.1) is 17.8 Å². The van der Waals surface area contributed by atoms with Crippen LogP contribution in [0.1, 0.15) is 37.3 Å². The van der Waals surface area contributed by atoms with Crippen LogP contribution in [0.15, 0.2) is 60.9 Å². The number of amides is 1.